The topological polar surface area (TPSA) is 145 Å². The van der Waals surface area contributed by atoms with Crippen LogP contribution in [0, 0.1) is 0 Å². The second kappa shape index (κ2) is 6.55. The lowest BCUT2D eigenvalue weighted by Crippen LogP contribution is -2.22. The Balaban J connectivity index is 2.76. The Morgan fingerprint density at radius 1 is 1.56 bits per heavy atom. The van der Waals surface area contributed by atoms with Crippen molar-refractivity contribution in [3.63, 3.8) is 0 Å². The Kier molecular flexibility index (Phi) is 5.06. The van der Waals surface area contributed by atoms with Gasteiger partial charge in [-0.2, -0.15) is 0 Å². The predicted octanol–water partition coefficient (Wildman–Crippen LogP) is 0.275. The first kappa shape index (κ1) is 13.9. The molecule has 0 saturated heterocycles. The number of pyridine rings is 1. The molecule has 0 aliphatic carbocycles. The van der Waals surface area contributed by atoms with Crippen molar-refractivity contribution in [2.75, 3.05) is 6.54 Å². The molecule has 2 atom stereocenters. The highest BCUT2D eigenvalue weighted by Gasteiger charge is 2.19. The molecule has 8 heteroatoms. The third kappa shape index (κ3) is 3.70. The number of aromatic nitrogens is 1. The number of rotatable bonds is 6. The lowest BCUT2D eigenvalue weighted by molar-refractivity contribution is 0.0124. The highest BCUT2D eigenvalue weighted by molar-refractivity contribution is 5.90. The lowest BCUT2D eigenvalue weighted by Gasteiger charge is -2.16. The van der Waals surface area contributed by atoms with Crippen LogP contribution in [0.4, 0.5) is 0 Å². The van der Waals surface area contributed by atoms with Crippen LogP contribution in [0.2, 0.25) is 0 Å². The Bertz CT molecular complexity index is 472. The molecule has 2 unspecified atom stereocenters. The summed E-state index contributed by atoms with van der Waals surface area (Å²) in [6.45, 7) is 0.0598. The van der Waals surface area contributed by atoms with Gasteiger partial charge in [-0.15, -0.1) is 0 Å². The van der Waals surface area contributed by atoms with Crippen LogP contribution in [0.5, 0.6) is 0 Å². The van der Waals surface area contributed by atoms with Gasteiger partial charge in [0.05, 0.1) is 11.8 Å². The number of carbonyl (C=O) groups is 1. The van der Waals surface area contributed by atoms with E-state index >= 15 is 0 Å². The van der Waals surface area contributed by atoms with Crippen LogP contribution in [0.1, 0.15) is 28.7 Å². The van der Waals surface area contributed by atoms with E-state index in [9.17, 15) is 15.0 Å². The van der Waals surface area contributed by atoms with E-state index in [-0.39, 0.29) is 24.4 Å². The molecule has 0 spiro atoms. The number of azide groups is 1. The minimum absolute atomic E-state index is 0.00814. The third-order valence-corrected chi connectivity index (χ3v) is 2.28. The monoisotopic (exact) mass is 251 g/mol. The molecule has 4 N–H and O–H groups in total. The van der Waals surface area contributed by atoms with Gasteiger partial charge in [-0.1, -0.05) is 11.2 Å². The quantitative estimate of drug-likeness (QED) is 0.378. The van der Waals surface area contributed by atoms with Crippen molar-refractivity contribution in [3.8, 4) is 0 Å². The number of aliphatic hydroxyl groups is 2. The van der Waals surface area contributed by atoms with Gasteiger partial charge in [0.1, 0.15) is 11.8 Å². The van der Waals surface area contributed by atoms with Gasteiger partial charge in [-0.05, 0) is 24.1 Å². The SMILES string of the molecule is [N-]=[N+]=NCCC(O)C(O)c1cccc(C(N)=O)n1. The molecule has 0 aliphatic rings. The molecule has 0 radical (unpaired) electrons. The van der Waals surface area contributed by atoms with Crippen molar-refractivity contribution in [2.45, 2.75) is 18.6 Å². The normalized spacial score (nSPS) is 13.4. The zero-order valence-electron chi connectivity index (χ0n) is 9.47. The van der Waals surface area contributed by atoms with Gasteiger partial charge in [-0.3, -0.25) is 4.79 Å². The molecular weight excluding hydrogens is 238 g/mol. The standard InChI is InChI=1S/C10H13N5O3/c11-10(18)7-3-1-2-6(14-7)9(17)8(16)4-5-13-15-12/h1-3,8-9,16-17H,4-5H2,(H2,11,18). The maximum Gasteiger partial charge on any atom is 0.267 e. The molecule has 1 amide bonds. The van der Waals surface area contributed by atoms with Gasteiger partial charge in [-0.25, -0.2) is 4.98 Å². The van der Waals surface area contributed by atoms with Gasteiger partial charge in [0.25, 0.3) is 5.91 Å². The van der Waals surface area contributed by atoms with Crippen LogP contribution in [0.25, 0.3) is 10.4 Å². The minimum Gasteiger partial charge on any atom is -0.390 e. The Morgan fingerprint density at radius 2 is 2.28 bits per heavy atom. The average Bonchev–Trinajstić information content (AvgIpc) is 2.38. The second-order valence-corrected chi connectivity index (χ2v) is 3.57. The Hall–Kier alpha value is -2.15. The molecule has 0 bridgehead atoms. The molecule has 1 aromatic rings. The summed E-state index contributed by atoms with van der Waals surface area (Å²) in [5, 5.41) is 22.7. The second-order valence-electron chi connectivity index (χ2n) is 3.57. The fourth-order valence-electron chi connectivity index (χ4n) is 1.34. The smallest absolute Gasteiger partial charge is 0.267 e. The van der Waals surface area contributed by atoms with E-state index < -0.39 is 18.1 Å². The molecule has 0 saturated carbocycles. The number of primary amides is 1. The summed E-state index contributed by atoms with van der Waals surface area (Å²) < 4.78 is 0. The Morgan fingerprint density at radius 3 is 2.89 bits per heavy atom. The Labute approximate surface area is 103 Å². The summed E-state index contributed by atoms with van der Waals surface area (Å²) in [5.41, 5.74) is 13.3. The van der Waals surface area contributed by atoms with Crippen LogP contribution >= 0.6 is 0 Å². The minimum atomic E-state index is -1.27. The van der Waals surface area contributed by atoms with Crippen LogP contribution in [-0.2, 0) is 0 Å². The number of nitrogens with zero attached hydrogens (tertiary/aromatic N) is 4. The highest BCUT2D eigenvalue weighted by Crippen LogP contribution is 2.17. The van der Waals surface area contributed by atoms with Crippen molar-refractivity contribution in [3.05, 3.63) is 40.0 Å². The van der Waals surface area contributed by atoms with Crippen LogP contribution in [-0.4, -0.2) is 33.8 Å². The lowest BCUT2D eigenvalue weighted by atomic mass is 10.1. The number of hydrogen-bond donors (Lipinski definition) is 3. The number of amides is 1. The van der Waals surface area contributed by atoms with Crippen molar-refractivity contribution >= 4 is 5.91 Å². The van der Waals surface area contributed by atoms with E-state index in [0.29, 0.717) is 0 Å². The molecule has 0 aromatic carbocycles. The molecule has 18 heavy (non-hydrogen) atoms. The van der Waals surface area contributed by atoms with E-state index in [1.165, 1.54) is 18.2 Å². The largest absolute Gasteiger partial charge is 0.390 e. The van der Waals surface area contributed by atoms with E-state index in [2.05, 4.69) is 15.0 Å². The van der Waals surface area contributed by atoms with Crippen molar-refractivity contribution in [1.82, 2.24) is 4.98 Å². The molecule has 0 aliphatic heterocycles. The number of aliphatic hydroxyl groups excluding tert-OH is 2. The summed E-state index contributed by atoms with van der Waals surface area (Å²) in [4.78, 5) is 17.3. The fraction of sp³-hybridized carbons (Fsp3) is 0.400. The van der Waals surface area contributed by atoms with Crippen LogP contribution in [0.15, 0.2) is 23.3 Å². The van der Waals surface area contributed by atoms with Crippen molar-refractivity contribution in [1.29, 1.82) is 0 Å². The maximum atomic E-state index is 10.9. The third-order valence-electron chi connectivity index (χ3n) is 2.28. The summed E-state index contributed by atoms with van der Waals surface area (Å²) >= 11 is 0. The zero-order valence-corrected chi connectivity index (χ0v) is 9.47. The predicted molar refractivity (Wildman–Crippen MR) is 62.4 cm³/mol. The first-order valence-corrected chi connectivity index (χ1v) is 5.20. The van der Waals surface area contributed by atoms with Gasteiger partial charge in [0.2, 0.25) is 0 Å². The number of carbonyl (C=O) groups excluding carboxylic acids is 1. The molecule has 1 aromatic heterocycles. The first-order valence-electron chi connectivity index (χ1n) is 5.20. The van der Waals surface area contributed by atoms with Gasteiger partial charge in [0.15, 0.2) is 0 Å². The fourth-order valence-corrected chi connectivity index (χ4v) is 1.34. The van der Waals surface area contributed by atoms with Gasteiger partial charge in [0, 0.05) is 11.5 Å². The molecular formula is C10H13N5O3. The molecule has 0 fully saturated rings. The van der Waals surface area contributed by atoms with Gasteiger partial charge < -0.3 is 15.9 Å². The summed E-state index contributed by atoms with van der Waals surface area (Å²) in [5.74, 6) is -0.715. The van der Waals surface area contributed by atoms with E-state index in [1.54, 1.807) is 0 Å². The van der Waals surface area contributed by atoms with Crippen molar-refractivity contribution in [2.24, 2.45) is 10.8 Å². The molecule has 1 rings (SSSR count). The highest BCUT2D eigenvalue weighted by atomic mass is 16.3. The summed E-state index contributed by atoms with van der Waals surface area (Å²) in [6.07, 6.45) is -2.31. The van der Waals surface area contributed by atoms with E-state index in [1.807, 2.05) is 0 Å². The van der Waals surface area contributed by atoms with Crippen LogP contribution < -0.4 is 5.73 Å². The molecule has 96 valence electrons. The van der Waals surface area contributed by atoms with Crippen LogP contribution in [0.3, 0.4) is 0 Å². The van der Waals surface area contributed by atoms with Gasteiger partial charge >= 0.3 is 0 Å². The summed E-state index contributed by atoms with van der Waals surface area (Å²) in [7, 11) is 0. The number of hydrogen-bond acceptors (Lipinski definition) is 5. The summed E-state index contributed by atoms with van der Waals surface area (Å²) in [6, 6.07) is 4.38. The van der Waals surface area contributed by atoms with Crippen molar-refractivity contribution < 1.29 is 15.0 Å². The van der Waals surface area contributed by atoms with E-state index in [0.717, 1.165) is 0 Å². The first-order chi connectivity index (χ1) is 8.56. The maximum absolute atomic E-state index is 10.9. The number of nitrogens with two attached hydrogens (primary N) is 1. The van der Waals surface area contributed by atoms with E-state index in [4.69, 9.17) is 11.3 Å². The average molecular weight is 251 g/mol. The zero-order chi connectivity index (χ0) is 13.5. The molecule has 8 nitrogen and oxygen atoms in total. The molecule has 1 heterocycles.